The molecule has 0 aliphatic heterocycles. The van der Waals surface area contributed by atoms with Crippen LogP contribution in [0.2, 0.25) is 5.02 Å². The number of fused-ring (bicyclic) bond motifs is 1. The first-order valence-electron chi connectivity index (χ1n) is 14.1. The summed E-state index contributed by atoms with van der Waals surface area (Å²) >= 11 is 9.52. The fourth-order valence-electron chi connectivity index (χ4n) is 4.50. The molecular formula is C33H39ClN2S2. The van der Waals surface area contributed by atoms with Crippen LogP contribution < -0.4 is 0 Å². The second-order valence-corrected chi connectivity index (χ2v) is 12.7. The summed E-state index contributed by atoms with van der Waals surface area (Å²) in [6, 6.07) is 23.1. The van der Waals surface area contributed by atoms with Gasteiger partial charge in [-0.1, -0.05) is 124 Å². The molecule has 0 radical (unpaired) electrons. The summed E-state index contributed by atoms with van der Waals surface area (Å²) in [5, 5.41) is 0.735. The highest BCUT2D eigenvalue weighted by atomic mass is 35.5. The van der Waals surface area contributed by atoms with Crippen molar-refractivity contribution in [3.8, 4) is 0 Å². The number of aryl methyl sites for hydroxylation is 1. The average molecular weight is 563 g/mol. The Hall–Kier alpha value is -2.14. The third kappa shape index (κ3) is 9.87. The van der Waals surface area contributed by atoms with Gasteiger partial charge < -0.3 is 0 Å². The fourth-order valence-corrected chi connectivity index (χ4v) is 6.68. The number of rotatable bonds is 16. The zero-order chi connectivity index (χ0) is 26.4. The molecule has 0 amide bonds. The van der Waals surface area contributed by atoms with Crippen LogP contribution in [0.25, 0.3) is 10.2 Å². The maximum atomic E-state index is 5.97. The topological polar surface area (TPSA) is 25.2 Å². The Kier molecular flexibility index (Phi) is 12.2. The smallest absolute Gasteiger partial charge is 0.151 e. The van der Waals surface area contributed by atoms with Crippen molar-refractivity contribution in [3.63, 3.8) is 0 Å². The summed E-state index contributed by atoms with van der Waals surface area (Å²) in [4.78, 5) is 9.44. The highest BCUT2D eigenvalue weighted by Crippen LogP contribution is 2.33. The van der Waals surface area contributed by atoms with Crippen molar-refractivity contribution < 1.29 is 0 Å². The monoisotopic (exact) mass is 562 g/mol. The van der Waals surface area contributed by atoms with Gasteiger partial charge in [-0.05, 0) is 59.9 Å². The Morgan fingerprint density at radius 2 is 1.45 bits per heavy atom. The summed E-state index contributed by atoms with van der Waals surface area (Å²) in [6.07, 6.45) is 17.0. The van der Waals surface area contributed by atoms with Gasteiger partial charge in [-0.3, -0.25) is 4.99 Å². The molecule has 0 bridgehead atoms. The molecule has 0 unspecified atom stereocenters. The van der Waals surface area contributed by atoms with Gasteiger partial charge in [0.05, 0.1) is 15.9 Å². The van der Waals surface area contributed by atoms with E-state index in [1.54, 1.807) is 11.3 Å². The first-order chi connectivity index (χ1) is 18.7. The number of hydrogen-bond donors (Lipinski definition) is 0. The number of benzene rings is 3. The number of aliphatic imine (C=N–C) groups is 1. The van der Waals surface area contributed by atoms with Gasteiger partial charge in [-0.2, -0.15) is 0 Å². The van der Waals surface area contributed by atoms with E-state index in [1.807, 2.05) is 48.3 Å². The van der Waals surface area contributed by atoms with Gasteiger partial charge in [0.25, 0.3) is 0 Å². The van der Waals surface area contributed by atoms with Crippen LogP contribution in [-0.4, -0.2) is 11.2 Å². The van der Waals surface area contributed by atoms with Crippen molar-refractivity contribution in [3.05, 3.63) is 88.4 Å². The number of hydrogen-bond acceptors (Lipinski definition) is 4. The standard InChI is InChI=1S/C33H39ClN2S2/c1-2-3-4-5-6-7-8-9-10-11-12-26-13-15-28(16-14-26)25-37-33-36-31-22-21-30(23-32(31)38-33)35-24-27-17-19-29(34)20-18-27/h13-24H,2-12,25H2,1H3. The first-order valence-corrected chi connectivity index (χ1v) is 16.3. The van der Waals surface area contributed by atoms with E-state index in [0.29, 0.717) is 0 Å². The Morgan fingerprint density at radius 3 is 2.16 bits per heavy atom. The quantitative estimate of drug-likeness (QED) is 0.0770. The van der Waals surface area contributed by atoms with E-state index < -0.39 is 0 Å². The van der Waals surface area contributed by atoms with Crippen LogP contribution in [-0.2, 0) is 12.2 Å². The molecule has 1 heterocycles. The second kappa shape index (κ2) is 16.1. The van der Waals surface area contributed by atoms with Crippen molar-refractivity contribution in [1.82, 2.24) is 4.98 Å². The average Bonchev–Trinajstić information content (AvgIpc) is 3.35. The Morgan fingerprint density at radius 1 is 0.789 bits per heavy atom. The largest absolute Gasteiger partial charge is 0.256 e. The predicted molar refractivity (Wildman–Crippen MR) is 170 cm³/mol. The molecule has 4 rings (SSSR count). The Bertz CT molecular complexity index is 1260. The van der Waals surface area contributed by atoms with Crippen molar-refractivity contribution >= 4 is 56.8 Å². The molecule has 2 nitrogen and oxygen atoms in total. The van der Waals surface area contributed by atoms with Gasteiger partial charge in [0.15, 0.2) is 4.34 Å². The number of unbranched alkanes of at least 4 members (excludes halogenated alkanes) is 9. The first kappa shape index (κ1) is 28.9. The predicted octanol–water partition coefficient (Wildman–Crippen LogP) is 11.5. The number of halogens is 1. The summed E-state index contributed by atoms with van der Waals surface area (Å²) in [7, 11) is 0. The van der Waals surface area contributed by atoms with E-state index >= 15 is 0 Å². The minimum Gasteiger partial charge on any atom is -0.256 e. The second-order valence-electron chi connectivity index (χ2n) is 9.98. The molecule has 0 atom stereocenters. The molecule has 0 saturated heterocycles. The van der Waals surface area contributed by atoms with E-state index in [2.05, 4.69) is 48.3 Å². The summed E-state index contributed by atoms with van der Waals surface area (Å²) in [5.74, 6) is 0.944. The van der Waals surface area contributed by atoms with Crippen LogP contribution in [0.15, 0.2) is 76.1 Å². The third-order valence-electron chi connectivity index (χ3n) is 6.79. The number of aromatic nitrogens is 1. The SMILES string of the molecule is CCCCCCCCCCCCc1ccc(CSc2nc3ccc(N=Cc4ccc(Cl)cc4)cc3s2)cc1. The highest BCUT2D eigenvalue weighted by Gasteiger charge is 2.06. The molecule has 0 fully saturated rings. The third-order valence-corrected chi connectivity index (χ3v) is 9.27. The maximum Gasteiger partial charge on any atom is 0.151 e. The van der Waals surface area contributed by atoms with Gasteiger partial charge in [-0.15, -0.1) is 11.3 Å². The number of thioether (sulfide) groups is 1. The molecule has 38 heavy (non-hydrogen) atoms. The molecule has 0 spiro atoms. The summed E-state index contributed by atoms with van der Waals surface area (Å²) in [6.45, 7) is 2.29. The van der Waals surface area contributed by atoms with Gasteiger partial charge in [0.1, 0.15) is 0 Å². The molecule has 0 saturated carbocycles. The van der Waals surface area contributed by atoms with Gasteiger partial charge >= 0.3 is 0 Å². The van der Waals surface area contributed by atoms with Crippen LogP contribution >= 0.6 is 34.7 Å². The molecule has 5 heteroatoms. The molecule has 200 valence electrons. The molecule has 0 aliphatic rings. The zero-order valence-corrected chi connectivity index (χ0v) is 24.9. The number of thiazole rings is 1. The van der Waals surface area contributed by atoms with Crippen LogP contribution in [0.5, 0.6) is 0 Å². The molecule has 0 aliphatic carbocycles. The molecule has 0 N–H and O–H groups in total. The van der Waals surface area contributed by atoms with Crippen molar-refractivity contribution in [2.45, 2.75) is 87.6 Å². The lowest BCUT2D eigenvalue weighted by atomic mass is 10.0. The van der Waals surface area contributed by atoms with Crippen LogP contribution in [0.1, 0.15) is 87.8 Å². The van der Waals surface area contributed by atoms with Crippen molar-refractivity contribution in [2.24, 2.45) is 4.99 Å². The minimum absolute atomic E-state index is 0.735. The van der Waals surface area contributed by atoms with E-state index in [1.165, 1.54) is 86.5 Å². The molecule has 3 aromatic carbocycles. The van der Waals surface area contributed by atoms with Crippen molar-refractivity contribution in [2.75, 3.05) is 0 Å². The number of nitrogens with zero attached hydrogens (tertiary/aromatic N) is 2. The van der Waals surface area contributed by atoms with E-state index in [4.69, 9.17) is 16.6 Å². The maximum absolute atomic E-state index is 5.97. The minimum atomic E-state index is 0.735. The summed E-state index contributed by atoms with van der Waals surface area (Å²) in [5.41, 5.74) is 5.82. The van der Waals surface area contributed by atoms with E-state index in [0.717, 1.165) is 31.9 Å². The normalized spacial score (nSPS) is 11.6. The van der Waals surface area contributed by atoms with Crippen LogP contribution in [0, 0.1) is 0 Å². The lowest BCUT2D eigenvalue weighted by molar-refractivity contribution is 0.556. The van der Waals surface area contributed by atoms with Gasteiger partial charge in [0.2, 0.25) is 0 Å². The molecular weight excluding hydrogens is 524 g/mol. The Balaban J connectivity index is 1.17. The van der Waals surface area contributed by atoms with E-state index in [9.17, 15) is 0 Å². The van der Waals surface area contributed by atoms with Crippen molar-refractivity contribution in [1.29, 1.82) is 0 Å². The fraction of sp³-hybridized carbons (Fsp3) is 0.394. The zero-order valence-electron chi connectivity index (χ0n) is 22.5. The Labute approximate surface area is 242 Å². The lowest BCUT2D eigenvalue weighted by Crippen LogP contribution is -1.88. The molecule has 4 aromatic rings. The summed E-state index contributed by atoms with van der Waals surface area (Å²) < 4.78 is 2.28. The molecule has 1 aromatic heterocycles. The lowest BCUT2D eigenvalue weighted by Gasteiger charge is -2.05. The van der Waals surface area contributed by atoms with Crippen LogP contribution in [0.3, 0.4) is 0 Å². The van der Waals surface area contributed by atoms with Gasteiger partial charge in [0, 0.05) is 17.0 Å². The highest BCUT2D eigenvalue weighted by molar-refractivity contribution is 8.00. The van der Waals surface area contributed by atoms with Crippen LogP contribution in [0.4, 0.5) is 5.69 Å². The van der Waals surface area contributed by atoms with E-state index in [-0.39, 0.29) is 0 Å². The van der Waals surface area contributed by atoms with Gasteiger partial charge in [-0.25, -0.2) is 4.98 Å².